The third-order valence-electron chi connectivity index (χ3n) is 4.38. The molecule has 0 aliphatic heterocycles. The van der Waals surface area contributed by atoms with Gasteiger partial charge in [-0.25, -0.2) is 8.78 Å². The SMILES string of the molecule is OCC12CC3CC(F)(CC(F)(C3)C1)C2. The molecule has 1 nitrogen and oxygen atoms in total. The lowest BCUT2D eigenvalue weighted by Crippen LogP contribution is -2.60. The maximum atomic E-state index is 14.2. The summed E-state index contributed by atoms with van der Waals surface area (Å²) in [6, 6.07) is 0. The van der Waals surface area contributed by atoms with Crippen LogP contribution >= 0.6 is 0 Å². The molecule has 2 unspecified atom stereocenters. The quantitative estimate of drug-likeness (QED) is 0.692. The maximum absolute atomic E-state index is 14.2. The first-order chi connectivity index (χ1) is 6.47. The molecule has 0 aromatic carbocycles. The van der Waals surface area contributed by atoms with Gasteiger partial charge in [0.05, 0.1) is 0 Å². The van der Waals surface area contributed by atoms with E-state index in [1.54, 1.807) is 0 Å². The molecule has 80 valence electrons. The molecular weight excluding hydrogens is 186 g/mol. The summed E-state index contributed by atoms with van der Waals surface area (Å²) in [6.45, 7) is -0.0408. The second kappa shape index (κ2) is 2.31. The number of aliphatic hydroxyl groups is 1. The number of hydrogen-bond donors (Lipinski definition) is 1. The largest absolute Gasteiger partial charge is 0.396 e. The Morgan fingerprint density at radius 1 is 1.00 bits per heavy atom. The minimum Gasteiger partial charge on any atom is -0.396 e. The van der Waals surface area contributed by atoms with Gasteiger partial charge in [-0.3, -0.25) is 0 Å². The maximum Gasteiger partial charge on any atom is 0.115 e. The number of hydrogen-bond acceptors (Lipinski definition) is 1. The normalized spacial score (nSPS) is 60.6. The lowest BCUT2D eigenvalue weighted by atomic mass is 9.47. The summed E-state index contributed by atoms with van der Waals surface area (Å²) in [7, 11) is 0. The summed E-state index contributed by atoms with van der Waals surface area (Å²) in [5.41, 5.74) is -3.04. The van der Waals surface area contributed by atoms with Crippen molar-refractivity contribution in [1.29, 1.82) is 0 Å². The van der Waals surface area contributed by atoms with Crippen LogP contribution in [-0.4, -0.2) is 23.1 Å². The highest BCUT2D eigenvalue weighted by molar-refractivity contribution is 5.14. The Balaban J connectivity index is 2.01. The minimum atomic E-state index is -1.31. The van der Waals surface area contributed by atoms with Crippen molar-refractivity contribution in [1.82, 2.24) is 0 Å². The molecule has 0 heterocycles. The Morgan fingerprint density at radius 3 is 2.00 bits per heavy atom. The van der Waals surface area contributed by atoms with Gasteiger partial charge in [-0.05, 0) is 43.4 Å². The van der Waals surface area contributed by atoms with E-state index in [2.05, 4.69) is 0 Å². The Labute approximate surface area is 82.5 Å². The first kappa shape index (κ1) is 9.08. The summed E-state index contributed by atoms with van der Waals surface area (Å²) in [5, 5.41) is 9.33. The van der Waals surface area contributed by atoms with E-state index < -0.39 is 16.8 Å². The van der Waals surface area contributed by atoms with E-state index in [0.29, 0.717) is 25.7 Å². The third-order valence-corrected chi connectivity index (χ3v) is 4.38. The molecule has 3 heteroatoms. The van der Waals surface area contributed by atoms with Gasteiger partial charge in [0.15, 0.2) is 0 Å². The van der Waals surface area contributed by atoms with Crippen molar-refractivity contribution < 1.29 is 13.9 Å². The number of alkyl halides is 2. The van der Waals surface area contributed by atoms with Gasteiger partial charge in [-0.15, -0.1) is 0 Å². The van der Waals surface area contributed by atoms with E-state index in [1.165, 1.54) is 0 Å². The van der Waals surface area contributed by atoms with Crippen LogP contribution in [0.3, 0.4) is 0 Å². The van der Waals surface area contributed by atoms with Crippen LogP contribution in [0.5, 0.6) is 0 Å². The molecule has 2 atom stereocenters. The van der Waals surface area contributed by atoms with E-state index in [4.69, 9.17) is 0 Å². The second-order valence-electron chi connectivity index (χ2n) is 5.97. The van der Waals surface area contributed by atoms with Gasteiger partial charge in [0, 0.05) is 13.0 Å². The van der Waals surface area contributed by atoms with Crippen molar-refractivity contribution in [3.8, 4) is 0 Å². The van der Waals surface area contributed by atoms with Crippen LogP contribution in [0, 0.1) is 11.3 Å². The zero-order valence-corrected chi connectivity index (χ0v) is 8.23. The molecule has 0 spiro atoms. The molecule has 4 fully saturated rings. The van der Waals surface area contributed by atoms with Crippen molar-refractivity contribution in [3.05, 3.63) is 0 Å². The average Bonchev–Trinajstić information content (AvgIpc) is 1.97. The van der Waals surface area contributed by atoms with E-state index in [0.717, 1.165) is 6.42 Å². The lowest BCUT2D eigenvalue weighted by Gasteiger charge is -2.60. The summed E-state index contributed by atoms with van der Waals surface area (Å²) in [4.78, 5) is 0. The highest BCUT2D eigenvalue weighted by atomic mass is 19.2. The Kier molecular flexibility index (Phi) is 1.50. The molecule has 4 aliphatic rings. The van der Waals surface area contributed by atoms with E-state index in [9.17, 15) is 13.9 Å². The van der Waals surface area contributed by atoms with Crippen LogP contribution in [0.15, 0.2) is 0 Å². The smallest absolute Gasteiger partial charge is 0.115 e. The monoisotopic (exact) mass is 202 g/mol. The molecule has 4 saturated carbocycles. The molecule has 0 saturated heterocycles. The average molecular weight is 202 g/mol. The van der Waals surface area contributed by atoms with E-state index in [1.807, 2.05) is 0 Å². The van der Waals surface area contributed by atoms with Gasteiger partial charge in [0.2, 0.25) is 0 Å². The van der Waals surface area contributed by atoms with Gasteiger partial charge < -0.3 is 5.11 Å². The number of halogens is 2. The van der Waals surface area contributed by atoms with Crippen LogP contribution in [0.25, 0.3) is 0 Å². The molecule has 4 aliphatic carbocycles. The first-order valence-electron chi connectivity index (χ1n) is 5.45. The fourth-order valence-corrected chi connectivity index (χ4v) is 4.57. The predicted octanol–water partition coefficient (Wildman–Crippen LogP) is 2.38. The van der Waals surface area contributed by atoms with Crippen molar-refractivity contribution in [2.75, 3.05) is 6.61 Å². The molecule has 0 amide bonds. The number of rotatable bonds is 1. The van der Waals surface area contributed by atoms with Crippen molar-refractivity contribution >= 4 is 0 Å². The van der Waals surface area contributed by atoms with Crippen LogP contribution in [0.1, 0.15) is 38.5 Å². The van der Waals surface area contributed by atoms with Gasteiger partial charge in [-0.2, -0.15) is 0 Å². The standard InChI is InChI=1S/C11H16F2O/c12-10-2-8-1-9(4-10,7-14)5-11(13,3-8)6-10/h8,14H,1-7H2. The van der Waals surface area contributed by atoms with Gasteiger partial charge in [0.25, 0.3) is 0 Å². The molecular formula is C11H16F2O. The van der Waals surface area contributed by atoms with Crippen LogP contribution in [0.4, 0.5) is 8.78 Å². The highest BCUT2D eigenvalue weighted by Crippen LogP contribution is 2.65. The Bertz CT molecular complexity index is 260. The molecule has 1 N–H and O–H groups in total. The van der Waals surface area contributed by atoms with Gasteiger partial charge in [-0.1, -0.05) is 0 Å². The summed E-state index contributed by atoms with van der Waals surface area (Å²) in [6.07, 6.45) is 2.75. The Hall–Kier alpha value is -0.180. The first-order valence-corrected chi connectivity index (χ1v) is 5.45. The lowest BCUT2D eigenvalue weighted by molar-refractivity contribution is -0.186. The van der Waals surface area contributed by atoms with Crippen LogP contribution < -0.4 is 0 Å². The molecule has 0 radical (unpaired) electrons. The van der Waals surface area contributed by atoms with Gasteiger partial charge in [0.1, 0.15) is 11.3 Å². The molecule has 0 aromatic heterocycles. The predicted molar refractivity (Wildman–Crippen MR) is 48.4 cm³/mol. The zero-order valence-electron chi connectivity index (χ0n) is 8.23. The van der Waals surface area contributed by atoms with Crippen LogP contribution in [0.2, 0.25) is 0 Å². The summed E-state index contributed by atoms with van der Waals surface area (Å²) < 4.78 is 28.4. The summed E-state index contributed by atoms with van der Waals surface area (Å²) >= 11 is 0. The van der Waals surface area contributed by atoms with Crippen molar-refractivity contribution in [2.24, 2.45) is 11.3 Å². The van der Waals surface area contributed by atoms with Crippen molar-refractivity contribution in [3.63, 3.8) is 0 Å². The van der Waals surface area contributed by atoms with Crippen LogP contribution in [-0.2, 0) is 0 Å². The van der Waals surface area contributed by atoms with Crippen molar-refractivity contribution in [2.45, 2.75) is 49.9 Å². The topological polar surface area (TPSA) is 20.2 Å². The van der Waals surface area contributed by atoms with E-state index >= 15 is 0 Å². The molecule has 4 rings (SSSR count). The zero-order chi connectivity index (χ0) is 10.0. The molecule has 14 heavy (non-hydrogen) atoms. The highest BCUT2D eigenvalue weighted by Gasteiger charge is 2.64. The fraction of sp³-hybridized carbons (Fsp3) is 1.00. The van der Waals surface area contributed by atoms with E-state index in [-0.39, 0.29) is 18.9 Å². The third kappa shape index (κ3) is 1.08. The van der Waals surface area contributed by atoms with Gasteiger partial charge >= 0.3 is 0 Å². The number of aliphatic hydroxyl groups excluding tert-OH is 1. The fourth-order valence-electron chi connectivity index (χ4n) is 4.57. The second-order valence-corrected chi connectivity index (χ2v) is 5.97. The minimum absolute atomic E-state index is 0.0408. The molecule has 4 bridgehead atoms. The summed E-state index contributed by atoms with van der Waals surface area (Å²) in [5.74, 6) is 0.174. The Morgan fingerprint density at radius 2 is 1.57 bits per heavy atom. The molecule has 0 aromatic rings.